The van der Waals surface area contributed by atoms with Crippen molar-refractivity contribution in [2.45, 2.75) is 6.92 Å². The summed E-state index contributed by atoms with van der Waals surface area (Å²) in [5, 5.41) is 0.117. The second kappa shape index (κ2) is 5.03. The Hall–Kier alpha value is -1.78. The Morgan fingerprint density at radius 3 is 2.18 bits per heavy atom. The van der Waals surface area contributed by atoms with Crippen molar-refractivity contribution in [1.29, 1.82) is 0 Å². The average molecular weight is 245 g/mol. The van der Waals surface area contributed by atoms with E-state index in [1.807, 2.05) is 31.2 Å². The Bertz CT molecular complexity index is 589. The molecule has 2 aromatic carbocycles. The topological polar surface area (TPSA) is 0 Å². The van der Waals surface area contributed by atoms with Gasteiger partial charge >= 0.3 is 0 Å². The lowest BCUT2D eigenvalue weighted by Gasteiger charge is -1.94. The number of halogens is 2. The van der Waals surface area contributed by atoms with Crippen LogP contribution < -0.4 is 0 Å². The number of aryl methyl sites for hydroxylation is 1. The molecule has 0 N–H and O–H groups in total. The van der Waals surface area contributed by atoms with Crippen molar-refractivity contribution in [3.8, 4) is 11.8 Å². The van der Waals surface area contributed by atoms with Gasteiger partial charge in [-0.3, -0.25) is 0 Å². The highest BCUT2D eigenvalue weighted by atomic mass is 35.5. The highest BCUT2D eigenvalue weighted by Gasteiger charge is 1.98. The molecule has 2 rings (SSSR count). The average Bonchev–Trinajstić information content (AvgIpc) is 2.33. The molecule has 0 nitrogen and oxygen atoms in total. The molecule has 0 aliphatic heterocycles. The smallest absolute Gasteiger partial charge is 0.143 e. The Labute approximate surface area is 105 Å². The molecule has 84 valence electrons. The van der Waals surface area contributed by atoms with E-state index in [1.165, 1.54) is 17.7 Å². The molecule has 0 saturated carbocycles. The van der Waals surface area contributed by atoms with Crippen LogP contribution in [0, 0.1) is 24.6 Å². The van der Waals surface area contributed by atoms with E-state index in [0.717, 1.165) is 5.56 Å². The highest BCUT2D eigenvalue weighted by Crippen LogP contribution is 2.14. The molecule has 0 spiro atoms. The Balaban J connectivity index is 2.26. The Morgan fingerprint density at radius 1 is 0.941 bits per heavy atom. The van der Waals surface area contributed by atoms with Gasteiger partial charge in [-0.25, -0.2) is 4.39 Å². The molecular weight excluding hydrogens is 235 g/mol. The maximum atomic E-state index is 13.2. The molecular formula is C15H10ClF. The number of rotatable bonds is 0. The molecule has 0 saturated heterocycles. The monoisotopic (exact) mass is 244 g/mol. The molecule has 0 bridgehead atoms. The van der Waals surface area contributed by atoms with E-state index in [9.17, 15) is 4.39 Å². The zero-order valence-electron chi connectivity index (χ0n) is 9.30. The van der Waals surface area contributed by atoms with E-state index in [-0.39, 0.29) is 5.02 Å². The number of hydrogen-bond donors (Lipinski definition) is 0. The van der Waals surface area contributed by atoms with Crippen LogP contribution in [0.2, 0.25) is 5.02 Å². The summed E-state index contributed by atoms with van der Waals surface area (Å²) >= 11 is 5.59. The van der Waals surface area contributed by atoms with Gasteiger partial charge in [-0.1, -0.05) is 41.1 Å². The maximum Gasteiger partial charge on any atom is 0.143 e. The number of benzene rings is 2. The molecule has 2 heteroatoms. The van der Waals surface area contributed by atoms with Crippen molar-refractivity contribution in [3.05, 3.63) is 70.0 Å². The van der Waals surface area contributed by atoms with Gasteiger partial charge in [0.25, 0.3) is 0 Å². The third-order valence-electron chi connectivity index (χ3n) is 2.32. The molecule has 0 heterocycles. The zero-order valence-corrected chi connectivity index (χ0v) is 10.1. The van der Waals surface area contributed by atoms with Crippen LogP contribution in [-0.4, -0.2) is 0 Å². The van der Waals surface area contributed by atoms with E-state index in [2.05, 4.69) is 11.8 Å². The largest absolute Gasteiger partial charge is 0.205 e. The van der Waals surface area contributed by atoms with Gasteiger partial charge in [-0.2, -0.15) is 0 Å². The molecule has 0 aliphatic carbocycles. The van der Waals surface area contributed by atoms with Crippen LogP contribution in [-0.2, 0) is 0 Å². The van der Waals surface area contributed by atoms with Crippen LogP contribution >= 0.6 is 11.6 Å². The van der Waals surface area contributed by atoms with Crippen LogP contribution in [0.15, 0.2) is 42.5 Å². The van der Waals surface area contributed by atoms with E-state index >= 15 is 0 Å². The highest BCUT2D eigenvalue weighted by molar-refractivity contribution is 6.30. The fraction of sp³-hybridized carbons (Fsp3) is 0.0667. The quantitative estimate of drug-likeness (QED) is 0.610. The summed E-state index contributed by atoms with van der Waals surface area (Å²) in [6, 6.07) is 12.4. The minimum atomic E-state index is -0.442. The lowest BCUT2D eigenvalue weighted by molar-refractivity contribution is 0.628. The second-order valence-electron chi connectivity index (χ2n) is 3.74. The van der Waals surface area contributed by atoms with Gasteiger partial charge in [0.05, 0.1) is 5.02 Å². The summed E-state index contributed by atoms with van der Waals surface area (Å²) in [6.07, 6.45) is 0. The lowest BCUT2D eigenvalue weighted by Crippen LogP contribution is -1.80. The molecule has 0 amide bonds. The van der Waals surface area contributed by atoms with E-state index in [0.29, 0.717) is 5.56 Å². The van der Waals surface area contributed by atoms with Crippen LogP contribution in [0.3, 0.4) is 0 Å². The van der Waals surface area contributed by atoms with Crippen molar-refractivity contribution in [2.75, 3.05) is 0 Å². The normalized spacial score (nSPS) is 9.59. The van der Waals surface area contributed by atoms with Crippen LogP contribution in [0.25, 0.3) is 0 Å². The fourth-order valence-corrected chi connectivity index (χ4v) is 1.47. The van der Waals surface area contributed by atoms with Gasteiger partial charge in [-0.15, -0.1) is 0 Å². The summed E-state index contributed by atoms with van der Waals surface area (Å²) in [5.41, 5.74) is 2.71. The van der Waals surface area contributed by atoms with Crippen LogP contribution in [0.1, 0.15) is 16.7 Å². The van der Waals surface area contributed by atoms with E-state index in [1.54, 1.807) is 6.07 Å². The van der Waals surface area contributed by atoms with E-state index < -0.39 is 5.82 Å². The third kappa shape index (κ3) is 3.09. The van der Waals surface area contributed by atoms with Gasteiger partial charge < -0.3 is 0 Å². The molecule has 17 heavy (non-hydrogen) atoms. The molecule has 0 radical (unpaired) electrons. The Kier molecular flexibility index (Phi) is 3.46. The predicted molar refractivity (Wildman–Crippen MR) is 68.6 cm³/mol. The molecule has 2 aromatic rings. The van der Waals surface area contributed by atoms with Gasteiger partial charge in [0.2, 0.25) is 0 Å². The Morgan fingerprint density at radius 2 is 1.53 bits per heavy atom. The van der Waals surface area contributed by atoms with Gasteiger partial charge in [0.1, 0.15) is 5.82 Å². The summed E-state index contributed by atoms with van der Waals surface area (Å²) < 4.78 is 13.2. The van der Waals surface area contributed by atoms with Crippen molar-refractivity contribution >= 4 is 11.6 Å². The third-order valence-corrected chi connectivity index (χ3v) is 2.63. The summed E-state index contributed by atoms with van der Waals surface area (Å²) in [5.74, 6) is 5.43. The summed E-state index contributed by atoms with van der Waals surface area (Å²) in [6.45, 7) is 2.02. The molecule has 0 aromatic heterocycles. The first-order valence-electron chi connectivity index (χ1n) is 5.19. The summed E-state index contributed by atoms with van der Waals surface area (Å²) in [7, 11) is 0. The fourth-order valence-electron chi connectivity index (χ4n) is 1.36. The van der Waals surface area contributed by atoms with Crippen LogP contribution in [0.5, 0.6) is 0 Å². The van der Waals surface area contributed by atoms with Crippen molar-refractivity contribution < 1.29 is 4.39 Å². The minimum Gasteiger partial charge on any atom is -0.205 e. The zero-order chi connectivity index (χ0) is 12.3. The molecule has 0 aliphatic rings. The molecule has 0 fully saturated rings. The first-order valence-corrected chi connectivity index (χ1v) is 5.57. The van der Waals surface area contributed by atoms with Crippen molar-refractivity contribution in [1.82, 2.24) is 0 Å². The predicted octanol–water partition coefficient (Wildman–Crippen LogP) is 4.19. The molecule has 0 unspecified atom stereocenters. The van der Waals surface area contributed by atoms with Crippen LogP contribution in [0.4, 0.5) is 4.39 Å². The van der Waals surface area contributed by atoms with Gasteiger partial charge in [0.15, 0.2) is 0 Å². The first-order chi connectivity index (χ1) is 8.15. The lowest BCUT2D eigenvalue weighted by atomic mass is 10.1. The SMILES string of the molecule is Cc1ccc(C#Cc2ccc(Cl)c(F)c2)cc1. The van der Waals surface area contributed by atoms with Gasteiger partial charge in [-0.05, 0) is 37.3 Å². The molecule has 0 atom stereocenters. The van der Waals surface area contributed by atoms with E-state index in [4.69, 9.17) is 11.6 Å². The second-order valence-corrected chi connectivity index (χ2v) is 4.15. The first kappa shape index (κ1) is 11.7. The van der Waals surface area contributed by atoms with Crippen molar-refractivity contribution in [2.24, 2.45) is 0 Å². The van der Waals surface area contributed by atoms with Crippen molar-refractivity contribution in [3.63, 3.8) is 0 Å². The minimum absolute atomic E-state index is 0.117. The number of hydrogen-bond acceptors (Lipinski definition) is 0. The maximum absolute atomic E-state index is 13.2. The summed E-state index contributed by atoms with van der Waals surface area (Å²) in [4.78, 5) is 0. The standard InChI is InChI=1S/C15H10ClF/c1-11-2-4-12(5-3-11)6-7-13-8-9-14(16)15(17)10-13/h2-5,8-10H,1H3. The van der Waals surface area contributed by atoms with Gasteiger partial charge in [0, 0.05) is 11.1 Å².